The summed E-state index contributed by atoms with van der Waals surface area (Å²) >= 11 is 0. The number of hydrogen-bond donors (Lipinski definition) is 1. The molecule has 0 aliphatic carbocycles. The van der Waals surface area contributed by atoms with E-state index in [0.717, 1.165) is 23.4 Å². The van der Waals surface area contributed by atoms with Crippen molar-refractivity contribution < 1.29 is 14.3 Å². The Bertz CT molecular complexity index is 1090. The number of aromatic nitrogens is 1. The molecule has 0 spiro atoms. The molecule has 0 fully saturated rings. The van der Waals surface area contributed by atoms with E-state index in [1.54, 1.807) is 37.3 Å². The average molecular weight is 385 g/mol. The van der Waals surface area contributed by atoms with Gasteiger partial charge in [-0.3, -0.25) is 4.79 Å². The summed E-state index contributed by atoms with van der Waals surface area (Å²) in [6.07, 6.45) is 0.176. The molecule has 1 aliphatic rings. The van der Waals surface area contributed by atoms with Crippen molar-refractivity contribution in [3.8, 4) is 28.8 Å². The van der Waals surface area contributed by atoms with Crippen LogP contribution in [0.3, 0.4) is 0 Å². The maximum Gasteiger partial charge on any atom is 0.266 e. The topological polar surface area (TPSA) is 84.2 Å². The van der Waals surface area contributed by atoms with Crippen molar-refractivity contribution in [3.05, 3.63) is 71.8 Å². The Kier molecular flexibility index (Phi) is 5.12. The number of amides is 1. The first-order valence-corrected chi connectivity index (χ1v) is 9.33. The van der Waals surface area contributed by atoms with E-state index in [1.807, 2.05) is 30.3 Å². The molecule has 1 N–H and O–H groups in total. The van der Waals surface area contributed by atoms with E-state index < -0.39 is 6.10 Å². The highest BCUT2D eigenvalue weighted by molar-refractivity contribution is 5.93. The van der Waals surface area contributed by atoms with Crippen LogP contribution in [0.15, 0.2) is 60.7 Å². The van der Waals surface area contributed by atoms with Gasteiger partial charge in [0.15, 0.2) is 6.10 Å². The van der Waals surface area contributed by atoms with Gasteiger partial charge < -0.3 is 14.8 Å². The zero-order valence-corrected chi connectivity index (χ0v) is 15.9. The van der Waals surface area contributed by atoms with Crippen LogP contribution in [0.4, 0.5) is 5.82 Å². The quantitative estimate of drug-likeness (QED) is 0.719. The van der Waals surface area contributed by atoms with Crippen LogP contribution in [0.25, 0.3) is 11.3 Å². The second kappa shape index (κ2) is 8.03. The zero-order chi connectivity index (χ0) is 20.2. The van der Waals surface area contributed by atoms with Crippen molar-refractivity contribution in [2.45, 2.75) is 19.4 Å². The van der Waals surface area contributed by atoms with Gasteiger partial charge in [0.05, 0.1) is 23.9 Å². The monoisotopic (exact) mass is 385 g/mol. The highest BCUT2D eigenvalue weighted by atomic mass is 16.5. The third-order valence-corrected chi connectivity index (χ3v) is 4.65. The molecule has 0 bridgehead atoms. The first kappa shape index (κ1) is 18.5. The SMILES string of the molecule is CC(Oc1ccc(C#N)cc1)C(=O)Nc1cccc(-c2ccc3c(c2)CCO3)n1. The Hall–Kier alpha value is -3.85. The highest BCUT2D eigenvalue weighted by Crippen LogP contribution is 2.30. The van der Waals surface area contributed by atoms with Gasteiger partial charge in [0.1, 0.15) is 17.3 Å². The summed E-state index contributed by atoms with van der Waals surface area (Å²) in [6.45, 7) is 2.37. The maximum atomic E-state index is 12.5. The van der Waals surface area contributed by atoms with Gasteiger partial charge in [-0.2, -0.15) is 5.26 Å². The second-order valence-electron chi connectivity index (χ2n) is 6.71. The number of rotatable bonds is 5. The molecule has 1 unspecified atom stereocenters. The first-order chi connectivity index (χ1) is 14.1. The molecular weight excluding hydrogens is 366 g/mol. The van der Waals surface area contributed by atoms with E-state index in [0.29, 0.717) is 23.7 Å². The van der Waals surface area contributed by atoms with Gasteiger partial charge in [0.2, 0.25) is 0 Å². The van der Waals surface area contributed by atoms with Crippen LogP contribution in [-0.4, -0.2) is 23.6 Å². The molecule has 144 valence electrons. The number of nitrogens with one attached hydrogen (secondary N) is 1. The van der Waals surface area contributed by atoms with Gasteiger partial charge in [-0.25, -0.2) is 4.98 Å². The molecule has 0 radical (unpaired) electrons. The highest BCUT2D eigenvalue weighted by Gasteiger charge is 2.17. The lowest BCUT2D eigenvalue weighted by atomic mass is 10.1. The van der Waals surface area contributed by atoms with E-state index in [2.05, 4.69) is 16.4 Å². The fourth-order valence-corrected chi connectivity index (χ4v) is 3.10. The van der Waals surface area contributed by atoms with Crippen LogP contribution in [0, 0.1) is 11.3 Å². The van der Waals surface area contributed by atoms with E-state index in [-0.39, 0.29) is 5.91 Å². The number of nitriles is 1. The number of pyridine rings is 1. The largest absolute Gasteiger partial charge is 0.493 e. The second-order valence-corrected chi connectivity index (χ2v) is 6.71. The standard InChI is InChI=1S/C23H19N3O3/c1-15(29-19-8-5-16(14-24)6-9-19)23(27)26-22-4-2-3-20(25-22)17-7-10-21-18(13-17)11-12-28-21/h2-10,13,15H,11-12H2,1H3,(H,25,26,27). The smallest absolute Gasteiger partial charge is 0.266 e. The van der Waals surface area contributed by atoms with Crippen molar-refractivity contribution in [2.75, 3.05) is 11.9 Å². The Morgan fingerprint density at radius 2 is 2.03 bits per heavy atom. The van der Waals surface area contributed by atoms with E-state index >= 15 is 0 Å². The molecule has 4 rings (SSSR count). The first-order valence-electron chi connectivity index (χ1n) is 9.33. The Morgan fingerprint density at radius 3 is 2.83 bits per heavy atom. The summed E-state index contributed by atoms with van der Waals surface area (Å²) < 4.78 is 11.2. The van der Waals surface area contributed by atoms with Crippen molar-refractivity contribution >= 4 is 11.7 Å². The number of ether oxygens (including phenoxy) is 2. The number of benzene rings is 2. The third kappa shape index (κ3) is 4.19. The van der Waals surface area contributed by atoms with Crippen molar-refractivity contribution in [1.29, 1.82) is 5.26 Å². The van der Waals surface area contributed by atoms with Crippen molar-refractivity contribution in [2.24, 2.45) is 0 Å². The molecule has 2 heterocycles. The summed E-state index contributed by atoms with van der Waals surface area (Å²) in [5.74, 6) is 1.60. The van der Waals surface area contributed by atoms with Crippen LogP contribution >= 0.6 is 0 Å². The Labute approximate surface area is 168 Å². The number of anilines is 1. The fourth-order valence-electron chi connectivity index (χ4n) is 3.10. The van der Waals surface area contributed by atoms with Gasteiger partial charge >= 0.3 is 0 Å². The zero-order valence-electron chi connectivity index (χ0n) is 15.9. The van der Waals surface area contributed by atoms with Gasteiger partial charge in [-0.15, -0.1) is 0 Å². The van der Waals surface area contributed by atoms with Gasteiger partial charge in [-0.1, -0.05) is 6.07 Å². The molecule has 1 aliphatic heterocycles. The van der Waals surface area contributed by atoms with Crippen LogP contribution in [0.5, 0.6) is 11.5 Å². The van der Waals surface area contributed by atoms with Crippen molar-refractivity contribution in [1.82, 2.24) is 4.98 Å². The minimum Gasteiger partial charge on any atom is -0.493 e. The van der Waals surface area contributed by atoms with Gasteiger partial charge in [0.25, 0.3) is 5.91 Å². The minimum absolute atomic E-state index is 0.304. The summed E-state index contributed by atoms with van der Waals surface area (Å²) in [5, 5.41) is 11.6. The molecule has 0 saturated carbocycles. The number of carbonyl (C=O) groups is 1. The molecule has 1 atom stereocenters. The lowest BCUT2D eigenvalue weighted by molar-refractivity contribution is -0.122. The van der Waals surface area contributed by atoms with E-state index in [1.165, 1.54) is 5.56 Å². The van der Waals surface area contributed by atoms with Crippen LogP contribution in [-0.2, 0) is 11.2 Å². The van der Waals surface area contributed by atoms with Gasteiger partial charge in [0, 0.05) is 12.0 Å². The normalized spacial score (nSPS) is 13.0. The summed E-state index contributed by atoms with van der Waals surface area (Å²) in [6, 6.07) is 20.2. The molecule has 1 aromatic heterocycles. The summed E-state index contributed by atoms with van der Waals surface area (Å²) in [4.78, 5) is 17.1. The van der Waals surface area contributed by atoms with E-state index in [9.17, 15) is 4.79 Å². The molecule has 2 aromatic carbocycles. The number of fused-ring (bicyclic) bond motifs is 1. The number of carbonyl (C=O) groups excluding carboxylic acids is 1. The maximum absolute atomic E-state index is 12.5. The lowest BCUT2D eigenvalue weighted by Gasteiger charge is -2.15. The molecule has 3 aromatic rings. The minimum atomic E-state index is -0.717. The Balaban J connectivity index is 1.44. The average Bonchev–Trinajstić information content (AvgIpc) is 3.22. The van der Waals surface area contributed by atoms with E-state index in [4.69, 9.17) is 14.7 Å². The third-order valence-electron chi connectivity index (χ3n) is 4.65. The van der Waals surface area contributed by atoms with Crippen LogP contribution in [0.2, 0.25) is 0 Å². The molecule has 29 heavy (non-hydrogen) atoms. The summed E-state index contributed by atoms with van der Waals surface area (Å²) in [7, 11) is 0. The lowest BCUT2D eigenvalue weighted by Crippen LogP contribution is -2.30. The predicted octanol–water partition coefficient (Wildman–Crippen LogP) is 3.96. The number of nitrogens with zero attached hydrogens (tertiary/aromatic N) is 2. The summed E-state index contributed by atoms with van der Waals surface area (Å²) in [5.41, 5.74) is 3.46. The molecule has 0 saturated heterocycles. The Morgan fingerprint density at radius 1 is 1.21 bits per heavy atom. The molecule has 6 nitrogen and oxygen atoms in total. The molecular formula is C23H19N3O3. The number of hydrogen-bond acceptors (Lipinski definition) is 5. The predicted molar refractivity (Wildman–Crippen MR) is 109 cm³/mol. The molecule has 6 heteroatoms. The van der Waals surface area contributed by atoms with Gasteiger partial charge in [-0.05, 0) is 67.1 Å². The van der Waals surface area contributed by atoms with Crippen LogP contribution in [0.1, 0.15) is 18.1 Å². The van der Waals surface area contributed by atoms with Crippen molar-refractivity contribution in [3.63, 3.8) is 0 Å². The van der Waals surface area contributed by atoms with Crippen LogP contribution < -0.4 is 14.8 Å². The molecule has 1 amide bonds. The fraction of sp³-hybridized carbons (Fsp3) is 0.174.